The Morgan fingerprint density at radius 2 is 1.56 bits per heavy atom. The number of H-pyrrole nitrogens is 1. The molecule has 0 unspecified atom stereocenters. The molecule has 0 spiro atoms. The Kier molecular flexibility index (Phi) is 4.94. The molecule has 0 fully saturated rings. The third-order valence-electron chi connectivity index (χ3n) is 2.71. The van der Waals surface area contributed by atoms with Crippen molar-refractivity contribution in [3.8, 4) is 0 Å². The SMILES string of the molecule is CC(C)(C)OC(=O)N(C(=O)OC(C)(C)C)c1nc(Cl)c2cc[nH]c2n1. The number of carbonyl (C=O) groups excluding carboxylic acids is 2. The van der Waals surface area contributed by atoms with Crippen LogP contribution in [0, 0.1) is 0 Å². The highest BCUT2D eigenvalue weighted by molar-refractivity contribution is 6.34. The van der Waals surface area contributed by atoms with Gasteiger partial charge in [-0.1, -0.05) is 11.6 Å². The zero-order valence-electron chi connectivity index (χ0n) is 15.0. The number of imide groups is 1. The van der Waals surface area contributed by atoms with Crippen LogP contribution >= 0.6 is 11.6 Å². The quantitative estimate of drug-likeness (QED) is 0.754. The predicted molar refractivity (Wildman–Crippen MR) is 93.8 cm³/mol. The van der Waals surface area contributed by atoms with E-state index < -0.39 is 23.4 Å². The number of anilines is 1. The lowest BCUT2D eigenvalue weighted by molar-refractivity contribution is 0.0427. The van der Waals surface area contributed by atoms with Crippen molar-refractivity contribution in [2.45, 2.75) is 52.7 Å². The highest BCUT2D eigenvalue weighted by Crippen LogP contribution is 2.25. The molecule has 2 rings (SSSR count). The molecular weight excluding hydrogens is 348 g/mol. The van der Waals surface area contributed by atoms with E-state index in [0.29, 0.717) is 15.9 Å². The fourth-order valence-electron chi connectivity index (χ4n) is 1.85. The summed E-state index contributed by atoms with van der Waals surface area (Å²) < 4.78 is 10.6. The molecule has 0 radical (unpaired) electrons. The van der Waals surface area contributed by atoms with Crippen LogP contribution in [0.1, 0.15) is 41.5 Å². The number of halogens is 1. The summed E-state index contributed by atoms with van der Waals surface area (Å²) in [6, 6.07) is 1.69. The van der Waals surface area contributed by atoms with Crippen molar-refractivity contribution >= 4 is 40.8 Å². The fourth-order valence-corrected chi connectivity index (χ4v) is 2.07. The summed E-state index contributed by atoms with van der Waals surface area (Å²) in [6.07, 6.45) is -0.284. The summed E-state index contributed by atoms with van der Waals surface area (Å²) in [5.41, 5.74) is -1.26. The van der Waals surface area contributed by atoms with E-state index in [0.717, 1.165) is 0 Å². The molecule has 2 amide bonds. The van der Waals surface area contributed by atoms with Gasteiger partial charge in [-0.2, -0.15) is 9.97 Å². The minimum absolute atomic E-state index is 0.0957. The first-order valence-electron chi connectivity index (χ1n) is 7.64. The Morgan fingerprint density at radius 1 is 1.04 bits per heavy atom. The molecular formula is C16H21ClN4O4. The summed E-state index contributed by atoms with van der Waals surface area (Å²) in [4.78, 5) is 36.8. The molecule has 0 saturated heterocycles. The van der Waals surface area contributed by atoms with Crippen molar-refractivity contribution in [3.05, 3.63) is 17.4 Å². The molecule has 0 bridgehead atoms. The number of nitrogens with one attached hydrogen (secondary N) is 1. The maximum absolute atomic E-state index is 12.5. The van der Waals surface area contributed by atoms with Crippen molar-refractivity contribution < 1.29 is 19.1 Å². The van der Waals surface area contributed by atoms with Gasteiger partial charge < -0.3 is 14.5 Å². The first kappa shape index (κ1) is 19.0. The molecule has 0 aliphatic heterocycles. The Hall–Kier alpha value is -2.35. The van der Waals surface area contributed by atoms with Crippen LogP contribution in [0.2, 0.25) is 5.15 Å². The first-order chi connectivity index (χ1) is 11.4. The van der Waals surface area contributed by atoms with Gasteiger partial charge in [-0.15, -0.1) is 4.90 Å². The number of amides is 2. The van der Waals surface area contributed by atoms with Crippen LogP contribution in [0.4, 0.5) is 15.5 Å². The molecule has 2 heterocycles. The molecule has 0 atom stereocenters. The summed E-state index contributed by atoms with van der Waals surface area (Å²) in [5, 5.41) is 0.664. The number of fused-ring (bicyclic) bond motifs is 1. The van der Waals surface area contributed by atoms with Crippen molar-refractivity contribution in [1.29, 1.82) is 0 Å². The normalized spacial score (nSPS) is 12.1. The van der Waals surface area contributed by atoms with Crippen LogP contribution in [0.25, 0.3) is 11.0 Å². The number of rotatable bonds is 1. The van der Waals surface area contributed by atoms with E-state index in [9.17, 15) is 9.59 Å². The van der Waals surface area contributed by atoms with Crippen LogP contribution in [-0.2, 0) is 9.47 Å². The highest BCUT2D eigenvalue weighted by Gasteiger charge is 2.35. The third-order valence-corrected chi connectivity index (χ3v) is 3.00. The number of hydrogen-bond donors (Lipinski definition) is 1. The van der Waals surface area contributed by atoms with Crippen LogP contribution < -0.4 is 4.90 Å². The van der Waals surface area contributed by atoms with E-state index in [2.05, 4.69) is 15.0 Å². The smallest absolute Gasteiger partial charge is 0.427 e. The molecule has 2 aromatic rings. The summed E-state index contributed by atoms with van der Waals surface area (Å²) >= 11 is 6.12. The maximum Gasteiger partial charge on any atom is 0.427 e. The van der Waals surface area contributed by atoms with Crippen molar-refractivity contribution in [2.75, 3.05) is 4.90 Å². The van der Waals surface area contributed by atoms with Gasteiger partial charge in [0, 0.05) is 6.20 Å². The number of nitrogens with zero attached hydrogens (tertiary/aromatic N) is 3. The molecule has 0 aliphatic carbocycles. The Morgan fingerprint density at radius 3 is 2.04 bits per heavy atom. The summed E-state index contributed by atoms with van der Waals surface area (Å²) in [7, 11) is 0. The number of carbonyl (C=O) groups is 2. The van der Waals surface area contributed by atoms with E-state index in [4.69, 9.17) is 21.1 Å². The fraction of sp³-hybridized carbons (Fsp3) is 0.500. The third kappa shape index (κ3) is 4.82. The summed E-state index contributed by atoms with van der Waals surface area (Å²) in [6.45, 7) is 10.1. The molecule has 2 aromatic heterocycles. The largest absolute Gasteiger partial charge is 0.443 e. The van der Waals surface area contributed by atoms with Crippen molar-refractivity contribution in [3.63, 3.8) is 0 Å². The van der Waals surface area contributed by atoms with Crippen LogP contribution in [0.15, 0.2) is 12.3 Å². The Balaban J connectivity index is 2.48. The van der Waals surface area contributed by atoms with Gasteiger partial charge >= 0.3 is 12.2 Å². The van der Waals surface area contributed by atoms with Gasteiger partial charge in [-0.3, -0.25) is 0 Å². The zero-order chi connectivity index (χ0) is 19.0. The molecule has 25 heavy (non-hydrogen) atoms. The second-order valence-electron chi connectivity index (χ2n) is 7.35. The molecule has 0 aromatic carbocycles. The van der Waals surface area contributed by atoms with E-state index in [-0.39, 0.29) is 11.1 Å². The van der Waals surface area contributed by atoms with Crippen LogP contribution in [-0.4, -0.2) is 38.3 Å². The van der Waals surface area contributed by atoms with Gasteiger partial charge in [0.2, 0.25) is 5.95 Å². The number of ether oxygens (including phenoxy) is 2. The molecule has 0 saturated carbocycles. The first-order valence-corrected chi connectivity index (χ1v) is 8.02. The lowest BCUT2D eigenvalue weighted by Crippen LogP contribution is -2.44. The zero-order valence-corrected chi connectivity index (χ0v) is 15.8. The van der Waals surface area contributed by atoms with Crippen molar-refractivity contribution in [2.24, 2.45) is 0 Å². The molecule has 9 heteroatoms. The van der Waals surface area contributed by atoms with E-state index in [1.165, 1.54) is 0 Å². The lowest BCUT2D eigenvalue weighted by atomic mass is 10.2. The van der Waals surface area contributed by atoms with Crippen LogP contribution in [0.3, 0.4) is 0 Å². The van der Waals surface area contributed by atoms with Gasteiger partial charge in [0.05, 0.1) is 5.39 Å². The monoisotopic (exact) mass is 368 g/mol. The predicted octanol–water partition coefficient (Wildman–Crippen LogP) is 4.29. The second kappa shape index (κ2) is 6.51. The van der Waals surface area contributed by atoms with Gasteiger partial charge in [-0.25, -0.2) is 9.59 Å². The number of hydrogen-bond acceptors (Lipinski definition) is 6. The average Bonchev–Trinajstić information content (AvgIpc) is 2.82. The minimum Gasteiger partial charge on any atom is -0.443 e. The van der Waals surface area contributed by atoms with Gasteiger partial charge in [0.1, 0.15) is 22.0 Å². The highest BCUT2D eigenvalue weighted by atomic mass is 35.5. The standard InChI is InChI=1S/C16H21ClN4O4/c1-15(2,3)24-13(22)21(14(23)25-16(4,5)6)12-19-10(17)9-7-8-18-11(9)20-12/h7-8H,1-6H3,(H,18,19,20). The average molecular weight is 369 g/mol. The molecule has 8 nitrogen and oxygen atoms in total. The van der Waals surface area contributed by atoms with E-state index in [1.807, 2.05) is 0 Å². The lowest BCUT2D eigenvalue weighted by Gasteiger charge is -2.27. The molecule has 0 aliphatic rings. The molecule has 136 valence electrons. The minimum atomic E-state index is -0.955. The number of aromatic nitrogens is 3. The molecule has 1 N–H and O–H groups in total. The topological polar surface area (TPSA) is 97.4 Å². The Labute approximate surface area is 150 Å². The summed E-state index contributed by atoms with van der Waals surface area (Å²) in [5.74, 6) is -0.233. The maximum atomic E-state index is 12.5. The van der Waals surface area contributed by atoms with Gasteiger partial charge in [-0.05, 0) is 47.6 Å². The van der Waals surface area contributed by atoms with E-state index in [1.54, 1.807) is 53.8 Å². The van der Waals surface area contributed by atoms with Crippen LogP contribution in [0.5, 0.6) is 0 Å². The Bertz CT molecular complexity index is 777. The van der Waals surface area contributed by atoms with Gasteiger partial charge in [0.15, 0.2) is 0 Å². The van der Waals surface area contributed by atoms with E-state index >= 15 is 0 Å². The van der Waals surface area contributed by atoms with Crippen molar-refractivity contribution in [1.82, 2.24) is 15.0 Å². The van der Waals surface area contributed by atoms with Gasteiger partial charge in [0.25, 0.3) is 0 Å². The second-order valence-corrected chi connectivity index (χ2v) is 7.71. The number of aromatic amines is 1.